The third-order valence-electron chi connectivity index (χ3n) is 1.09. The average molecular weight is 173 g/mol. The highest BCUT2D eigenvalue weighted by Crippen LogP contribution is 2.03. The number of halogens is 2. The standard InChI is InChI=1S/C7H5F2NO2/c8-7(9)12-6(11)5-2-1-3-10-4-5/h1-4,7H. The molecule has 0 aromatic carbocycles. The zero-order chi connectivity index (χ0) is 8.97. The van der Waals surface area contributed by atoms with Crippen molar-refractivity contribution < 1.29 is 18.3 Å². The summed E-state index contributed by atoms with van der Waals surface area (Å²) in [6, 6.07) is 2.81. The third kappa shape index (κ3) is 2.26. The number of pyridine rings is 1. The van der Waals surface area contributed by atoms with Crippen LogP contribution < -0.4 is 0 Å². The largest absolute Gasteiger partial charge is 0.399 e. The Bertz CT molecular complexity index is 263. The van der Waals surface area contributed by atoms with Gasteiger partial charge in [-0.3, -0.25) is 4.98 Å². The van der Waals surface area contributed by atoms with Crippen molar-refractivity contribution in [1.82, 2.24) is 4.98 Å². The van der Waals surface area contributed by atoms with Gasteiger partial charge in [-0.2, -0.15) is 8.78 Å². The number of hydrogen-bond donors (Lipinski definition) is 0. The van der Waals surface area contributed by atoms with E-state index < -0.39 is 12.6 Å². The van der Waals surface area contributed by atoms with Gasteiger partial charge >= 0.3 is 12.6 Å². The number of esters is 1. The summed E-state index contributed by atoms with van der Waals surface area (Å²) in [6.45, 7) is -3.09. The Labute approximate surface area is 67.0 Å². The van der Waals surface area contributed by atoms with Crippen LogP contribution in [0.1, 0.15) is 10.4 Å². The van der Waals surface area contributed by atoms with E-state index >= 15 is 0 Å². The van der Waals surface area contributed by atoms with Crippen LogP contribution in [-0.4, -0.2) is 17.6 Å². The molecule has 1 aromatic rings. The molecule has 0 fully saturated rings. The van der Waals surface area contributed by atoms with Crippen LogP contribution in [0.2, 0.25) is 0 Å². The highest BCUT2D eigenvalue weighted by atomic mass is 19.3. The molecule has 0 bridgehead atoms. The van der Waals surface area contributed by atoms with Gasteiger partial charge in [-0.25, -0.2) is 4.79 Å². The number of carbonyl (C=O) groups is 1. The molecule has 0 aliphatic rings. The highest BCUT2D eigenvalue weighted by molar-refractivity contribution is 5.88. The summed E-state index contributed by atoms with van der Waals surface area (Å²) in [5.41, 5.74) is 0.0119. The lowest BCUT2D eigenvalue weighted by molar-refractivity contribution is -0.0906. The van der Waals surface area contributed by atoms with Gasteiger partial charge in [-0.05, 0) is 12.1 Å². The van der Waals surface area contributed by atoms with Gasteiger partial charge in [0.05, 0.1) is 5.56 Å². The van der Waals surface area contributed by atoms with Crippen LogP contribution in [0.4, 0.5) is 8.78 Å². The lowest BCUT2D eigenvalue weighted by atomic mass is 10.3. The molecular weight excluding hydrogens is 168 g/mol. The molecule has 0 N–H and O–H groups in total. The predicted molar refractivity (Wildman–Crippen MR) is 35.7 cm³/mol. The number of rotatable bonds is 2. The molecular formula is C7H5F2NO2. The van der Waals surface area contributed by atoms with Crippen molar-refractivity contribution >= 4 is 5.97 Å². The molecule has 5 heteroatoms. The van der Waals surface area contributed by atoms with Crippen molar-refractivity contribution in [2.24, 2.45) is 0 Å². The van der Waals surface area contributed by atoms with E-state index in [1.807, 2.05) is 0 Å². The summed E-state index contributed by atoms with van der Waals surface area (Å²) in [4.78, 5) is 14.3. The molecule has 1 heterocycles. The van der Waals surface area contributed by atoms with Crippen molar-refractivity contribution in [3.8, 4) is 0 Å². The summed E-state index contributed by atoms with van der Waals surface area (Å²) in [5.74, 6) is -1.07. The predicted octanol–water partition coefficient (Wildman–Crippen LogP) is 1.46. The van der Waals surface area contributed by atoms with Gasteiger partial charge in [-0.15, -0.1) is 0 Å². The second-order valence-electron chi connectivity index (χ2n) is 1.91. The van der Waals surface area contributed by atoms with E-state index in [1.165, 1.54) is 18.3 Å². The van der Waals surface area contributed by atoms with Crippen LogP contribution in [0, 0.1) is 0 Å². The fourth-order valence-electron chi connectivity index (χ4n) is 0.632. The fourth-order valence-corrected chi connectivity index (χ4v) is 0.632. The average Bonchev–Trinajstić information content (AvgIpc) is 2.05. The minimum Gasteiger partial charge on any atom is -0.399 e. The monoisotopic (exact) mass is 173 g/mol. The van der Waals surface area contributed by atoms with Crippen LogP contribution in [0.3, 0.4) is 0 Å². The van der Waals surface area contributed by atoms with Gasteiger partial charge < -0.3 is 4.74 Å². The minimum atomic E-state index is -3.09. The lowest BCUT2D eigenvalue weighted by Crippen LogP contribution is -2.09. The van der Waals surface area contributed by atoms with Crippen LogP contribution in [0.25, 0.3) is 0 Å². The Morgan fingerprint density at radius 2 is 2.33 bits per heavy atom. The molecule has 3 nitrogen and oxygen atoms in total. The van der Waals surface area contributed by atoms with E-state index in [2.05, 4.69) is 9.72 Å². The number of nitrogens with zero attached hydrogens (tertiary/aromatic N) is 1. The van der Waals surface area contributed by atoms with Gasteiger partial charge in [0.2, 0.25) is 0 Å². The van der Waals surface area contributed by atoms with Crippen molar-refractivity contribution in [3.05, 3.63) is 30.1 Å². The quantitative estimate of drug-likeness (QED) is 0.635. The zero-order valence-electron chi connectivity index (χ0n) is 5.91. The maximum atomic E-state index is 11.5. The highest BCUT2D eigenvalue weighted by Gasteiger charge is 2.12. The van der Waals surface area contributed by atoms with E-state index in [0.29, 0.717) is 0 Å². The van der Waals surface area contributed by atoms with Crippen LogP contribution in [0.5, 0.6) is 0 Å². The minimum absolute atomic E-state index is 0.0119. The number of aromatic nitrogens is 1. The summed E-state index contributed by atoms with van der Waals surface area (Å²) in [7, 11) is 0. The van der Waals surface area contributed by atoms with Crippen molar-refractivity contribution in [2.75, 3.05) is 0 Å². The first-order chi connectivity index (χ1) is 5.70. The Kier molecular flexibility index (Phi) is 2.68. The van der Waals surface area contributed by atoms with Gasteiger partial charge in [0.15, 0.2) is 0 Å². The van der Waals surface area contributed by atoms with Crippen LogP contribution in [-0.2, 0) is 4.74 Å². The molecule has 0 aliphatic carbocycles. The van der Waals surface area contributed by atoms with Gasteiger partial charge in [0.1, 0.15) is 0 Å². The Balaban J connectivity index is 2.66. The number of hydrogen-bond acceptors (Lipinski definition) is 3. The van der Waals surface area contributed by atoms with E-state index in [1.54, 1.807) is 0 Å². The molecule has 0 unspecified atom stereocenters. The molecule has 0 aliphatic heterocycles. The molecule has 0 saturated heterocycles. The molecule has 0 amide bonds. The van der Waals surface area contributed by atoms with Gasteiger partial charge in [-0.1, -0.05) is 0 Å². The summed E-state index contributed by atoms with van der Waals surface area (Å²) >= 11 is 0. The van der Waals surface area contributed by atoms with Gasteiger partial charge in [0.25, 0.3) is 0 Å². The van der Waals surface area contributed by atoms with Crippen molar-refractivity contribution in [2.45, 2.75) is 6.61 Å². The van der Waals surface area contributed by atoms with Crippen LogP contribution >= 0.6 is 0 Å². The van der Waals surface area contributed by atoms with E-state index in [9.17, 15) is 13.6 Å². The molecule has 0 spiro atoms. The topological polar surface area (TPSA) is 39.2 Å². The lowest BCUT2D eigenvalue weighted by Gasteiger charge is -2.00. The molecule has 0 saturated carbocycles. The number of alkyl halides is 2. The van der Waals surface area contributed by atoms with E-state index in [-0.39, 0.29) is 5.56 Å². The number of ether oxygens (including phenoxy) is 1. The van der Waals surface area contributed by atoms with E-state index in [0.717, 1.165) is 6.20 Å². The number of carbonyl (C=O) groups excluding carboxylic acids is 1. The smallest absolute Gasteiger partial charge is 0.389 e. The first-order valence-corrected chi connectivity index (χ1v) is 3.09. The summed E-state index contributed by atoms with van der Waals surface area (Å²) in [6.07, 6.45) is 2.59. The molecule has 64 valence electrons. The maximum absolute atomic E-state index is 11.5. The normalized spacial score (nSPS) is 9.92. The fraction of sp³-hybridized carbons (Fsp3) is 0.143. The summed E-state index contributed by atoms with van der Waals surface area (Å²) in [5, 5.41) is 0. The third-order valence-corrected chi connectivity index (χ3v) is 1.09. The molecule has 0 radical (unpaired) electrons. The summed E-state index contributed by atoms with van der Waals surface area (Å²) < 4.78 is 26.6. The first kappa shape index (κ1) is 8.58. The zero-order valence-corrected chi connectivity index (χ0v) is 5.91. The second-order valence-corrected chi connectivity index (χ2v) is 1.91. The van der Waals surface area contributed by atoms with E-state index in [4.69, 9.17) is 0 Å². The SMILES string of the molecule is O=C(OC(F)F)c1cccnc1. The Morgan fingerprint density at radius 3 is 2.83 bits per heavy atom. The van der Waals surface area contributed by atoms with Crippen molar-refractivity contribution in [3.63, 3.8) is 0 Å². The molecule has 1 rings (SSSR count). The second kappa shape index (κ2) is 3.75. The first-order valence-electron chi connectivity index (χ1n) is 3.09. The van der Waals surface area contributed by atoms with Gasteiger partial charge in [0, 0.05) is 12.4 Å². The molecule has 1 aromatic heterocycles. The maximum Gasteiger partial charge on any atom is 0.389 e. The van der Waals surface area contributed by atoms with Crippen LogP contribution in [0.15, 0.2) is 24.5 Å². The Morgan fingerprint density at radius 1 is 1.58 bits per heavy atom. The van der Waals surface area contributed by atoms with Crippen molar-refractivity contribution in [1.29, 1.82) is 0 Å². The molecule has 0 atom stereocenters. The molecule has 12 heavy (non-hydrogen) atoms. The Hall–Kier alpha value is -1.52.